The molecule has 8 fully saturated rings. The van der Waals surface area contributed by atoms with Gasteiger partial charge in [-0.2, -0.15) is 0 Å². The largest absolute Gasteiger partial charge is 0.384 e. The van der Waals surface area contributed by atoms with Crippen LogP contribution in [0.1, 0.15) is 109 Å². The number of hydrogen-bond donors (Lipinski definition) is 1. The van der Waals surface area contributed by atoms with Crippen LogP contribution in [0.5, 0.6) is 0 Å². The van der Waals surface area contributed by atoms with Crippen molar-refractivity contribution in [2.24, 2.45) is 46.3 Å². The van der Waals surface area contributed by atoms with E-state index in [4.69, 9.17) is 0 Å². The quantitative estimate of drug-likeness (QED) is 0.521. The maximum Gasteiger partial charge on any atom is 0.101 e. The summed E-state index contributed by atoms with van der Waals surface area (Å²) in [5, 5.41) is 13.6. The lowest BCUT2D eigenvalue weighted by Crippen LogP contribution is -2.66. The second-order valence-corrected chi connectivity index (χ2v) is 14.9. The Hall–Kier alpha value is -0.820. The first-order valence-corrected chi connectivity index (χ1v) is 14.0. The first-order chi connectivity index (χ1) is 15.2. The standard InChI is InChI=1S/C31H44O/c1-28(2,3)26-5-4-6-27(13-26)31(32,29-14-20-7-21(15-29)9-22(8-20)16-29)30-17-23-10-24(18-30)12-25(11-23)19-30/h4-6,13,20-25,32H,7-12,14-19H2,1-3H3. The molecule has 1 N–H and O–H groups in total. The van der Waals surface area contributed by atoms with Gasteiger partial charge in [0.05, 0.1) is 0 Å². The van der Waals surface area contributed by atoms with E-state index in [1.54, 1.807) is 0 Å². The third-order valence-electron chi connectivity index (χ3n) is 11.8. The summed E-state index contributed by atoms with van der Waals surface area (Å²) in [4.78, 5) is 0. The molecule has 32 heavy (non-hydrogen) atoms. The van der Waals surface area contributed by atoms with Gasteiger partial charge < -0.3 is 5.11 Å². The number of hydrogen-bond acceptors (Lipinski definition) is 1. The Balaban J connectivity index is 1.43. The van der Waals surface area contributed by atoms with Gasteiger partial charge in [-0.15, -0.1) is 0 Å². The summed E-state index contributed by atoms with van der Waals surface area (Å²) in [5.41, 5.74) is 2.47. The number of rotatable bonds is 3. The number of aliphatic hydroxyl groups is 1. The SMILES string of the molecule is CC(C)(C)c1cccc(C(O)(C23CC4CC(CC(C4)C2)C3)C23CC4CC(CC(C4)C2)C3)c1. The van der Waals surface area contributed by atoms with Crippen LogP contribution in [0.15, 0.2) is 24.3 Å². The first kappa shape index (κ1) is 20.5. The van der Waals surface area contributed by atoms with Gasteiger partial charge in [0, 0.05) is 10.8 Å². The van der Waals surface area contributed by atoms with Crippen LogP contribution >= 0.6 is 0 Å². The van der Waals surface area contributed by atoms with E-state index in [1.807, 2.05) is 0 Å². The monoisotopic (exact) mass is 432 g/mol. The predicted molar refractivity (Wildman–Crippen MR) is 130 cm³/mol. The molecule has 0 saturated heterocycles. The molecule has 8 saturated carbocycles. The highest BCUT2D eigenvalue weighted by atomic mass is 16.3. The second kappa shape index (κ2) is 6.44. The zero-order valence-electron chi connectivity index (χ0n) is 20.7. The summed E-state index contributed by atoms with van der Waals surface area (Å²) in [5.74, 6) is 5.29. The van der Waals surface area contributed by atoms with Gasteiger partial charge in [-0.25, -0.2) is 0 Å². The van der Waals surface area contributed by atoms with E-state index in [2.05, 4.69) is 45.0 Å². The molecule has 1 aromatic carbocycles. The Morgan fingerprint density at radius 1 is 0.625 bits per heavy atom. The van der Waals surface area contributed by atoms with E-state index in [0.717, 1.165) is 35.5 Å². The fraction of sp³-hybridized carbons (Fsp3) is 0.806. The van der Waals surface area contributed by atoms with Crippen LogP contribution < -0.4 is 0 Å². The van der Waals surface area contributed by atoms with Gasteiger partial charge >= 0.3 is 0 Å². The molecule has 8 aliphatic carbocycles. The molecule has 0 unspecified atom stereocenters. The molecule has 9 rings (SSSR count). The van der Waals surface area contributed by atoms with E-state index in [9.17, 15) is 5.11 Å². The van der Waals surface area contributed by atoms with Crippen molar-refractivity contribution in [3.8, 4) is 0 Å². The molecule has 0 amide bonds. The Kier molecular flexibility index (Phi) is 4.13. The molecule has 8 bridgehead atoms. The van der Waals surface area contributed by atoms with Crippen molar-refractivity contribution in [1.29, 1.82) is 0 Å². The molecule has 1 nitrogen and oxygen atoms in total. The minimum atomic E-state index is -0.632. The predicted octanol–water partition coefficient (Wildman–Crippen LogP) is 7.60. The van der Waals surface area contributed by atoms with Crippen molar-refractivity contribution in [3.05, 3.63) is 35.4 Å². The topological polar surface area (TPSA) is 20.2 Å². The van der Waals surface area contributed by atoms with Gasteiger partial charge in [0.25, 0.3) is 0 Å². The van der Waals surface area contributed by atoms with Crippen LogP contribution in [0.2, 0.25) is 0 Å². The van der Waals surface area contributed by atoms with Crippen LogP contribution in [0, 0.1) is 46.3 Å². The number of benzene rings is 1. The van der Waals surface area contributed by atoms with Gasteiger partial charge in [-0.3, -0.25) is 0 Å². The molecule has 0 aliphatic heterocycles. The third-order valence-corrected chi connectivity index (χ3v) is 11.8. The van der Waals surface area contributed by atoms with Gasteiger partial charge in [0.2, 0.25) is 0 Å². The van der Waals surface area contributed by atoms with E-state index < -0.39 is 5.60 Å². The summed E-state index contributed by atoms with van der Waals surface area (Å²) in [6.45, 7) is 7.00. The van der Waals surface area contributed by atoms with Crippen LogP contribution in [0.4, 0.5) is 0 Å². The molecule has 0 radical (unpaired) electrons. The fourth-order valence-corrected chi connectivity index (χ4v) is 11.5. The minimum absolute atomic E-state index is 0.125. The van der Waals surface area contributed by atoms with Crippen molar-refractivity contribution in [3.63, 3.8) is 0 Å². The highest BCUT2D eigenvalue weighted by Crippen LogP contribution is 2.75. The minimum Gasteiger partial charge on any atom is -0.384 e. The molecule has 1 heteroatoms. The van der Waals surface area contributed by atoms with Gasteiger partial charge in [0.15, 0.2) is 0 Å². The Morgan fingerprint density at radius 2 is 0.969 bits per heavy atom. The highest BCUT2D eigenvalue weighted by Gasteiger charge is 2.70. The van der Waals surface area contributed by atoms with Crippen molar-refractivity contribution in [2.75, 3.05) is 0 Å². The average Bonchev–Trinajstić information content (AvgIpc) is 2.70. The smallest absolute Gasteiger partial charge is 0.101 e. The Labute approximate surface area is 195 Å². The second-order valence-electron chi connectivity index (χ2n) is 14.9. The molecule has 1 aromatic rings. The van der Waals surface area contributed by atoms with E-state index >= 15 is 0 Å². The van der Waals surface area contributed by atoms with Crippen LogP contribution in [0.3, 0.4) is 0 Å². The molecule has 0 spiro atoms. The van der Waals surface area contributed by atoms with Crippen LogP contribution in [-0.4, -0.2) is 5.11 Å². The summed E-state index contributed by atoms with van der Waals surface area (Å²) in [7, 11) is 0. The fourth-order valence-electron chi connectivity index (χ4n) is 11.5. The van der Waals surface area contributed by atoms with Crippen LogP contribution in [0.25, 0.3) is 0 Å². The van der Waals surface area contributed by atoms with Crippen molar-refractivity contribution in [2.45, 2.75) is 109 Å². The molecule has 0 aromatic heterocycles. The maximum atomic E-state index is 13.6. The summed E-state index contributed by atoms with van der Waals surface area (Å²) < 4.78 is 0. The van der Waals surface area contributed by atoms with E-state index in [1.165, 1.54) is 88.2 Å². The van der Waals surface area contributed by atoms with E-state index in [0.29, 0.717) is 0 Å². The van der Waals surface area contributed by atoms with E-state index in [-0.39, 0.29) is 16.2 Å². The lowest BCUT2D eigenvalue weighted by molar-refractivity contribution is -0.277. The van der Waals surface area contributed by atoms with Gasteiger partial charge in [-0.1, -0.05) is 45.0 Å². The summed E-state index contributed by atoms with van der Waals surface area (Å²) >= 11 is 0. The molecule has 174 valence electrons. The molecular weight excluding hydrogens is 388 g/mol. The molecule has 8 aliphatic rings. The van der Waals surface area contributed by atoms with Gasteiger partial charge in [-0.05, 0) is 129 Å². The average molecular weight is 433 g/mol. The molecule has 0 atom stereocenters. The Morgan fingerprint density at radius 3 is 1.31 bits per heavy atom. The van der Waals surface area contributed by atoms with Crippen molar-refractivity contribution < 1.29 is 5.11 Å². The molecule has 0 heterocycles. The molecular formula is C31H44O. The van der Waals surface area contributed by atoms with Gasteiger partial charge in [0.1, 0.15) is 5.60 Å². The summed E-state index contributed by atoms with van der Waals surface area (Å²) in [6, 6.07) is 9.41. The summed E-state index contributed by atoms with van der Waals surface area (Å²) in [6.07, 6.45) is 16.6. The lowest BCUT2D eigenvalue weighted by Gasteiger charge is -2.71. The Bertz CT molecular complexity index is 802. The third kappa shape index (κ3) is 2.67. The maximum absolute atomic E-state index is 13.6. The lowest BCUT2D eigenvalue weighted by atomic mass is 9.35. The first-order valence-electron chi connectivity index (χ1n) is 14.0. The van der Waals surface area contributed by atoms with Crippen molar-refractivity contribution in [1.82, 2.24) is 0 Å². The normalized spacial score (nSPS) is 48.2. The van der Waals surface area contributed by atoms with Crippen molar-refractivity contribution >= 4 is 0 Å². The zero-order valence-corrected chi connectivity index (χ0v) is 20.7. The van der Waals surface area contributed by atoms with Crippen LogP contribution in [-0.2, 0) is 11.0 Å². The highest BCUT2D eigenvalue weighted by molar-refractivity contribution is 5.38. The zero-order chi connectivity index (χ0) is 21.9.